The zero-order chi connectivity index (χ0) is 14.2. The van der Waals surface area contributed by atoms with Crippen molar-refractivity contribution in [1.29, 1.82) is 0 Å². The van der Waals surface area contributed by atoms with Crippen LogP contribution in [0.1, 0.15) is 53.4 Å². The molecule has 0 aliphatic heterocycles. The van der Waals surface area contributed by atoms with E-state index in [9.17, 15) is 0 Å². The van der Waals surface area contributed by atoms with Gasteiger partial charge in [0.1, 0.15) is 0 Å². The van der Waals surface area contributed by atoms with Crippen molar-refractivity contribution in [2.24, 2.45) is 0 Å². The first-order valence-corrected chi connectivity index (χ1v) is 10.0. The second-order valence-electron chi connectivity index (χ2n) is 6.60. The van der Waals surface area contributed by atoms with E-state index in [1.807, 2.05) is 0 Å². The molecule has 0 spiro atoms. The van der Waals surface area contributed by atoms with Crippen molar-refractivity contribution in [2.45, 2.75) is 77.6 Å². The van der Waals surface area contributed by atoms with Crippen molar-refractivity contribution in [3.8, 4) is 0 Å². The van der Waals surface area contributed by atoms with Crippen molar-refractivity contribution >= 4 is 8.32 Å². The van der Waals surface area contributed by atoms with Gasteiger partial charge in [-0.05, 0) is 50.7 Å². The Hall–Kier alpha value is -0.123. The molecule has 0 aliphatic carbocycles. The maximum Gasteiger partial charge on any atom is 0.192 e. The lowest BCUT2D eigenvalue weighted by Gasteiger charge is -2.38. The monoisotopic (exact) mass is 272 g/mol. The molecule has 0 bridgehead atoms. The molecule has 0 unspecified atom stereocenters. The van der Waals surface area contributed by atoms with Crippen LogP contribution in [0.25, 0.3) is 0 Å². The number of aliphatic hydroxyl groups is 1. The molecule has 0 radical (unpaired) electrons. The molecule has 0 rings (SSSR count). The summed E-state index contributed by atoms with van der Waals surface area (Å²) in [6.07, 6.45) is 8.72. The van der Waals surface area contributed by atoms with Crippen molar-refractivity contribution in [1.82, 2.24) is 0 Å². The second-order valence-corrected chi connectivity index (χ2v) is 11.4. The lowest BCUT2D eigenvalue weighted by atomic mass is 10.1. The van der Waals surface area contributed by atoms with Gasteiger partial charge in [0, 0.05) is 12.7 Å². The standard InChI is InChI=1S/C15H32O2Si/c1-14(12-10-8-7-9-11-13-16)17-18(5,6)15(2,3)4/h7,9,14,16H,8,10-13H2,1-6H3/b9-7-/t14-/m1/s1. The van der Waals surface area contributed by atoms with Crippen molar-refractivity contribution in [3.05, 3.63) is 12.2 Å². The average Bonchev–Trinajstić information content (AvgIpc) is 2.20. The van der Waals surface area contributed by atoms with Gasteiger partial charge in [-0.25, -0.2) is 0 Å². The predicted octanol–water partition coefficient (Wildman–Crippen LogP) is 4.51. The maximum absolute atomic E-state index is 8.65. The van der Waals surface area contributed by atoms with Crippen LogP contribution in [-0.2, 0) is 4.43 Å². The molecule has 3 heteroatoms. The highest BCUT2D eigenvalue weighted by Crippen LogP contribution is 2.37. The summed E-state index contributed by atoms with van der Waals surface area (Å²) in [7, 11) is -1.60. The number of unbranched alkanes of at least 4 members (excludes halogenated alkanes) is 1. The van der Waals surface area contributed by atoms with Crippen molar-refractivity contribution in [3.63, 3.8) is 0 Å². The predicted molar refractivity (Wildman–Crippen MR) is 82.4 cm³/mol. The molecule has 0 saturated carbocycles. The maximum atomic E-state index is 8.65. The lowest BCUT2D eigenvalue weighted by Crippen LogP contribution is -2.43. The molecule has 1 N–H and O–H groups in total. The van der Waals surface area contributed by atoms with Crippen molar-refractivity contribution in [2.75, 3.05) is 6.61 Å². The number of aliphatic hydroxyl groups excluding tert-OH is 1. The van der Waals surface area contributed by atoms with Gasteiger partial charge in [0.05, 0.1) is 0 Å². The van der Waals surface area contributed by atoms with E-state index in [4.69, 9.17) is 9.53 Å². The molecule has 0 aliphatic rings. The van der Waals surface area contributed by atoms with Crippen LogP contribution in [0.2, 0.25) is 18.1 Å². The molecule has 18 heavy (non-hydrogen) atoms. The first kappa shape index (κ1) is 17.9. The summed E-state index contributed by atoms with van der Waals surface area (Å²) < 4.78 is 6.30. The molecular weight excluding hydrogens is 240 g/mol. The number of hydrogen-bond donors (Lipinski definition) is 1. The van der Waals surface area contributed by atoms with Crippen LogP contribution in [-0.4, -0.2) is 26.1 Å². The Kier molecular flexibility index (Phi) is 8.07. The van der Waals surface area contributed by atoms with Gasteiger partial charge in [-0.3, -0.25) is 0 Å². The Balaban J connectivity index is 3.88. The summed E-state index contributed by atoms with van der Waals surface area (Å²) in [5.74, 6) is 0. The molecule has 0 heterocycles. The van der Waals surface area contributed by atoms with Crippen molar-refractivity contribution < 1.29 is 9.53 Å². The third-order valence-electron chi connectivity index (χ3n) is 3.75. The number of hydrogen-bond acceptors (Lipinski definition) is 2. The molecule has 2 nitrogen and oxygen atoms in total. The highest BCUT2D eigenvalue weighted by Gasteiger charge is 2.38. The van der Waals surface area contributed by atoms with E-state index in [-0.39, 0.29) is 6.61 Å². The minimum atomic E-state index is -1.60. The summed E-state index contributed by atoms with van der Waals surface area (Å²) in [5, 5.41) is 8.94. The van der Waals surface area contributed by atoms with Gasteiger partial charge in [0.2, 0.25) is 0 Å². The first-order chi connectivity index (χ1) is 8.20. The van der Waals surface area contributed by atoms with Crippen LogP contribution in [0.4, 0.5) is 0 Å². The van der Waals surface area contributed by atoms with Crippen LogP contribution in [0.5, 0.6) is 0 Å². The Morgan fingerprint density at radius 2 is 1.72 bits per heavy atom. The average molecular weight is 273 g/mol. The summed E-state index contributed by atoms with van der Waals surface area (Å²) in [6, 6.07) is 0. The van der Waals surface area contributed by atoms with Crippen LogP contribution >= 0.6 is 0 Å². The lowest BCUT2D eigenvalue weighted by molar-refractivity contribution is 0.187. The van der Waals surface area contributed by atoms with Gasteiger partial charge in [-0.2, -0.15) is 0 Å². The molecule has 0 saturated heterocycles. The zero-order valence-electron chi connectivity index (χ0n) is 13.1. The number of allylic oxidation sites excluding steroid dienone is 1. The topological polar surface area (TPSA) is 29.5 Å². The fourth-order valence-electron chi connectivity index (χ4n) is 1.57. The first-order valence-electron chi connectivity index (χ1n) is 7.14. The highest BCUT2D eigenvalue weighted by molar-refractivity contribution is 6.74. The summed E-state index contributed by atoms with van der Waals surface area (Å²) in [6.45, 7) is 13.9. The zero-order valence-corrected chi connectivity index (χ0v) is 14.1. The minimum absolute atomic E-state index is 0.251. The van der Waals surface area contributed by atoms with Gasteiger partial charge in [0.15, 0.2) is 8.32 Å². The van der Waals surface area contributed by atoms with E-state index >= 15 is 0 Å². The van der Waals surface area contributed by atoms with Gasteiger partial charge in [-0.1, -0.05) is 32.9 Å². The van der Waals surface area contributed by atoms with Gasteiger partial charge in [0.25, 0.3) is 0 Å². The second kappa shape index (κ2) is 8.13. The molecule has 1 atom stereocenters. The molecular formula is C15H32O2Si. The fourth-order valence-corrected chi connectivity index (χ4v) is 3.05. The SMILES string of the molecule is C[C@H](CCC/C=C\CCO)O[Si](C)(C)C(C)(C)C. The van der Waals surface area contributed by atoms with Gasteiger partial charge in [-0.15, -0.1) is 0 Å². The smallest absolute Gasteiger partial charge is 0.192 e. The van der Waals surface area contributed by atoms with Gasteiger partial charge >= 0.3 is 0 Å². The van der Waals surface area contributed by atoms with E-state index in [2.05, 4.69) is 52.9 Å². The Morgan fingerprint density at radius 3 is 2.22 bits per heavy atom. The molecule has 0 aromatic carbocycles. The molecule has 0 amide bonds. The summed E-state index contributed by atoms with van der Waals surface area (Å²) >= 11 is 0. The summed E-state index contributed by atoms with van der Waals surface area (Å²) in [4.78, 5) is 0. The molecule has 0 fully saturated rings. The van der Waals surface area contributed by atoms with Crippen LogP contribution in [0.3, 0.4) is 0 Å². The number of rotatable bonds is 8. The van der Waals surface area contributed by atoms with Crippen LogP contribution < -0.4 is 0 Å². The molecule has 0 aromatic heterocycles. The minimum Gasteiger partial charge on any atom is -0.414 e. The quantitative estimate of drug-likeness (QED) is 0.400. The van der Waals surface area contributed by atoms with Crippen LogP contribution in [0, 0.1) is 0 Å². The third kappa shape index (κ3) is 7.34. The van der Waals surface area contributed by atoms with E-state index in [1.54, 1.807) is 0 Å². The molecule has 108 valence electrons. The van der Waals surface area contributed by atoms with E-state index in [0.717, 1.165) is 25.7 Å². The Labute approximate surface area is 115 Å². The van der Waals surface area contributed by atoms with E-state index in [1.165, 1.54) is 0 Å². The Morgan fingerprint density at radius 1 is 1.17 bits per heavy atom. The highest BCUT2D eigenvalue weighted by atomic mass is 28.4. The largest absolute Gasteiger partial charge is 0.414 e. The van der Waals surface area contributed by atoms with Gasteiger partial charge < -0.3 is 9.53 Å². The Bertz CT molecular complexity index is 241. The molecule has 0 aromatic rings. The van der Waals surface area contributed by atoms with E-state index in [0.29, 0.717) is 11.1 Å². The third-order valence-corrected chi connectivity index (χ3v) is 8.35. The normalized spacial score (nSPS) is 15.3. The fraction of sp³-hybridized carbons (Fsp3) is 0.867. The van der Waals surface area contributed by atoms with E-state index < -0.39 is 8.32 Å². The summed E-state index contributed by atoms with van der Waals surface area (Å²) in [5.41, 5.74) is 0. The van der Waals surface area contributed by atoms with Crippen LogP contribution in [0.15, 0.2) is 12.2 Å².